The van der Waals surface area contributed by atoms with Crippen molar-refractivity contribution in [3.63, 3.8) is 0 Å². The Hall–Kier alpha value is -1.88. The number of nitrogens with zero attached hydrogens (tertiary/aromatic N) is 2. The van der Waals surface area contributed by atoms with Crippen molar-refractivity contribution in [2.45, 2.75) is 13.5 Å². The molecule has 18 heavy (non-hydrogen) atoms. The first kappa shape index (κ1) is 12.6. The third-order valence-corrected chi connectivity index (χ3v) is 3.42. The Bertz CT molecular complexity index is 552. The van der Waals surface area contributed by atoms with Gasteiger partial charge in [-0.2, -0.15) is 11.3 Å². The van der Waals surface area contributed by atoms with Gasteiger partial charge in [0.1, 0.15) is 5.82 Å². The molecule has 0 radical (unpaired) electrons. The first-order valence-corrected chi connectivity index (χ1v) is 6.45. The largest absolute Gasteiger partial charge is 0.478 e. The molecule has 5 heteroatoms. The van der Waals surface area contributed by atoms with Gasteiger partial charge in [-0.3, -0.25) is 0 Å². The second-order valence-electron chi connectivity index (χ2n) is 4.10. The van der Waals surface area contributed by atoms with Gasteiger partial charge in [0.05, 0.1) is 11.3 Å². The summed E-state index contributed by atoms with van der Waals surface area (Å²) >= 11 is 1.66. The molecule has 0 aliphatic rings. The van der Waals surface area contributed by atoms with Crippen LogP contribution >= 0.6 is 11.3 Å². The Morgan fingerprint density at radius 2 is 2.22 bits per heavy atom. The molecule has 0 unspecified atom stereocenters. The molecule has 2 rings (SSSR count). The van der Waals surface area contributed by atoms with Gasteiger partial charge >= 0.3 is 5.97 Å². The summed E-state index contributed by atoms with van der Waals surface area (Å²) in [5, 5.41) is 13.1. The van der Waals surface area contributed by atoms with Gasteiger partial charge in [0.2, 0.25) is 0 Å². The van der Waals surface area contributed by atoms with Gasteiger partial charge in [-0.1, -0.05) is 0 Å². The van der Waals surface area contributed by atoms with E-state index in [0.29, 0.717) is 5.69 Å². The van der Waals surface area contributed by atoms with Gasteiger partial charge in [-0.15, -0.1) is 0 Å². The molecule has 0 aromatic carbocycles. The van der Waals surface area contributed by atoms with Crippen LogP contribution in [-0.4, -0.2) is 23.1 Å². The van der Waals surface area contributed by atoms with E-state index in [1.807, 2.05) is 17.3 Å². The van der Waals surface area contributed by atoms with E-state index >= 15 is 0 Å². The van der Waals surface area contributed by atoms with Gasteiger partial charge < -0.3 is 10.0 Å². The summed E-state index contributed by atoms with van der Waals surface area (Å²) in [6, 6.07) is 5.41. The minimum atomic E-state index is -0.938. The van der Waals surface area contributed by atoms with Crippen LogP contribution in [0.4, 0.5) is 5.82 Å². The van der Waals surface area contributed by atoms with E-state index in [9.17, 15) is 4.79 Å². The fourth-order valence-electron chi connectivity index (χ4n) is 1.72. The smallest absolute Gasteiger partial charge is 0.337 e. The van der Waals surface area contributed by atoms with Crippen molar-refractivity contribution in [2.75, 3.05) is 11.9 Å². The lowest BCUT2D eigenvalue weighted by Crippen LogP contribution is -2.18. The number of hydrogen-bond donors (Lipinski definition) is 1. The Balaban J connectivity index is 2.18. The standard InChI is InChI=1S/C13H14N2O2S/c1-9-11(13(16)17)3-4-12(14-9)15(2)7-10-5-6-18-8-10/h3-6,8H,7H2,1-2H3,(H,16,17). The summed E-state index contributed by atoms with van der Waals surface area (Å²) < 4.78 is 0. The quantitative estimate of drug-likeness (QED) is 0.920. The Morgan fingerprint density at radius 1 is 1.44 bits per heavy atom. The van der Waals surface area contributed by atoms with E-state index in [0.717, 1.165) is 12.4 Å². The number of aromatic nitrogens is 1. The van der Waals surface area contributed by atoms with Crippen LogP contribution in [0, 0.1) is 6.92 Å². The summed E-state index contributed by atoms with van der Waals surface area (Å²) in [7, 11) is 1.94. The maximum absolute atomic E-state index is 10.9. The summed E-state index contributed by atoms with van der Waals surface area (Å²) in [4.78, 5) is 17.2. The molecule has 0 saturated heterocycles. The number of aryl methyl sites for hydroxylation is 1. The average Bonchev–Trinajstić information content (AvgIpc) is 2.81. The SMILES string of the molecule is Cc1nc(N(C)Cc2ccsc2)ccc1C(=O)O. The van der Waals surface area contributed by atoms with Gasteiger partial charge in [-0.05, 0) is 41.4 Å². The van der Waals surface area contributed by atoms with E-state index in [2.05, 4.69) is 16.4 Å². The lowest BCUT2D eigenvalue weighted by atomic mass is 10.2. The fourth-order valence-corrected chi connectivity index (χ4v) is 2.38. The Morgan fingerprint density at radius 3 is 2.78 bits per heavy atom. The van der Waals surface area contributed by atoms with Crippen molar-refractivity contribution in [2.24, 2.45) is 0 Å². The lowest BCUT2D eigenvalue weighted by molar-refractivity contribution is 0.0695. The molecule has 4 nitrogen and oxygen atoms in total. The zero-order chi connectivity index (χ0) is 13.1. The number of hydrogen-bond acceptors (Lipinski definition) is 4. The fraction of sp³-hybridized carbons (Fsp3) is 0.231. The van der Waals surface area contributed by atoms with E-state index < -0.39 is 5.97 Å². The second kappa shape index (κ2) is 5.18. The van der Waals surface area contributed by atoms with Crippen LogP contribution in [0.2, 0.25) is 0 Å². The average molecular weight is 262 g/mol. The molecule has 0 fully saturated rings. The number of carboxylic acid groups (broad SMARTS) is 1. The van der Waals surface area contributed by atoms with E-state index in [1.54, 1.807) is 30.4 Å². The molecule has 0 spiro atoms. The number of pyridine rings is 1. The van der Waals surface area contributed by atoms with Crippen LogP contribution in [0.1, 0.15) is 21.6 Å². The summed E-state index contributed by atoms with van der Waals surface area (Å²) in [6.45, 7) is 2.48. The molecule has 0 aliphatic carbocycles. The summed E-state index contributed by atoms with van der Waals surface area (Å²) in [5.41, 5.74) is 2.02. The Kier molecular flexibility index (Phi) is 3.62. The molecule has 94 valence electrons. The first-order chi connectivity index (χ1) is 8.58. The highest BCUT2D eigenvalue weighted by Crippen LogP contribution is 2.17. The topological polar surface area (TPSA) is 53.4 Å². The second-order valence-corrected chi connectivity index (χ2v) is 4.88. The van der Waals surface area contributed by atoms with Crippen LogP contribution in [0.3, 0.4) is 0 Å². The number of thiophene rings is 1. The molecule has 2 heterocycles. The third kappa shape index (κ3) is 2.68. The van der Waals surface area contributed by atoms with Crippen molar-refractivity contribution in [1.82, 2.24) is 4.98 Å². The van der Waals surface area contributed by atoms with Gasteiger partial charge in [0.25, 0.3) is 0 Å². The predicted molar refractivity (Wildman–Crippen MR) is 72.4 cm³/mol. The molecular weight excluding hydrogens is 248 g/mol. The molecular formula is C13H14N2O2S. The predicted octanol–water partition coefficient (Wildman–Crippen LogP) is 2.79. The van der Waals surface area contributed by atoms with Crippen molar-refractivity contribution in [3.8, 4) is 0 Å². The molecule has 0 saturated carbocycles. The highest BCUT2D eigenvalue weighted by molar-refractivity contribution is 7.07. The van der Waals surface area contributed by atoms with Crippen molar-refractivity contribution >= 4 is 23.1 Å². The normalized spacial score (nSPS) is 10.3. The highest BCUT2D eigenvalue weighted by Gasteiger charge is 2.10. The van der Waals surface area contributed by atoms with Crippen LogP contribution in [-0.2, 0) is 6.54 Å². The van der Waals surface area contributed by atoms with Gasteiger partial charge in [0.15, 0.2) is 0 Å². The van der Waals surface area contributed by atoms with E-state index in [4.69, 9.17) is 5.11 Å². The third-order valence-electron chi connectivity index (χ3n) is 2.69. The van der Waals surface area contributed by atoms with Crippen molar-refractivity contribution in [3.05, 3.63) is 45.8 Å². The summed E-state index contributed by atoms with van der Waals surface area (Å²) in [5.74, 6) is -0.157. The minimum absolute atomic E-state index is 0.252. The molecule has 0 atom stereocenters. The molecule has 2 aromatic rings. The number of aromatic carboxylic acids is 1. The number of anilines is 1. The molecule has 0 bridgehead atoms. The van der Waals surface area contributed by atoms with Crippen molar-refractivity contribution < 1.29 is 9.90 Å². The number of carbonyl (C=O) groups is 1. The lowest BCUT2D eigenvalue weighted by Gasteiger charge is -2.18. The highest BCUT2D eigenvalue weighted by atomic mass is 32.1. The Labute approximate surface area is 110 Å². The molecule has 0 amide bonds. The number of carboxylic acids is 1. The van der Waals surface area contributed by atoms with Gasteiger partial charge in [0, 0.05) is 13.6 Å². The summed E-state index contributed by atoms with van der Waals surface area (Å²) in [6.07, 6.45) is 0. The molecule has 2 aromatic heterocycles. The first-order valence-electron chi connectivity index (χ1n) is 5.51. The van der Waals surface area contributed by atoms with E-state index in [1.165, 1.54) is 5.56 Å². The van der Waals surface area contributed by atoms with Crippen LogP contribution in [0.15, 0.2) is 29.0 Å². The minimum Gasteiger partial charge on any atom is -0.478 e. The maximum atomic E-state index is 10.9. The zero-order valence-electron chi connectivity index (χ0n) is 10.3. The van der Waals surface area contributed by atoms with Crippen LogP contribution in [0.25, 0.3) is 0 Å². The maximum Gasteiger partial charge on any atom is 0.337 e. The van der Waals surface area contributed by atoms with Crippen LogP contribution < -0.4 is 4.90 Å². The van der Waals surface area contributed by atoms with E-state index in [-0.39, 0.29) is 5.56 Å². The number of rotatable bonds is 4. The molecule has 1 N–H and O–H groups in total. The molecule has 0 aliphatic heterocycles. The monoisotopic (exact) mass is 262 g/mol. The van der Waals surface area contributed by atoms with Gasteiger partial charge in [-0.25, -0.2) is 9.78 Å². The zero-order valence-corrected chi connectivity index (χ0v) is 11.1. The van der Waals surface area contributed by atoms with Crippen molar-refractivity contribution in [1.29, 1.82) is 0 Å². The van der Waals surface area contributed by atoms with Crippen LogP contribution in [0.5, 0.6) is 0 Å².